The van der Waals surface area contributed by atoms with Crippen LogP contribution in [0.15, 0.2) is 42.9 Å². The Hall–Kier alpha value is -2.60. The molecule has 0 amide bonds. The van der Waals surface area contributed by atoms with Crippen LogP contribution in [0.2, 0.25) is 5.02 Å². The molecule has 3 aromatic rings. The van der Waals surface area contributed by atoms with E-state index in [0.29, 0.717) is 16.5 Å². The number of aromatic nitrogens is 3. The van der Waals surface area contributed by atoms with Crippen LogP contribution in [0.25, 0.3) is 5.52 Å². The van der Waals surface area contributed by atoms with Gasteiger partial charge >= 0.3 is 5.97 Å². The molecule has 0 fully saturated rings. The van der Waals surface area contributed by atoms with E-state index in [9.17, 15) is 4.79 Å². The average Bonchev–Trinajstić information content (AvgIpc) is 2.90. The Labute approximate surface area is 118 Å². The standard InChI is InChI=1S/C13H9ClN4O2/c14-9-7-8(13(19)20)1-2-10(9)17-12-11-3-4-16-18(11)6-5-15-12/h1-7H,(H,15,17)(H,19,20). The normalized spacial score (nSPS) is 10.7. The monoisotopic (exact) mass is 288 g/mol. The van der Waals surface area contributed by atoms with Crippen LogP contribution in [0.3, 0.4) is 0 Å². The van der Waals surface area contributed by atoms with E-state index in [0.717, 1.165) is 5.52 Å². The van der Waals surface area contributed by atoms with Gasteiger partial charge < -0.3 is 10.4 Å². The maximum Gasteiger partial charge on any atom is 0.335 e. The lowest BCUT2D eigenvalue weighted by atomic mass is 10.2. The van der Waals surface area contributed by atoms with E-state index in [1.54, 1.807) is 29.2 Å². The lowest BCUT2D eigenvalue weighted by molar-refractivity contribution is 0.0697. The van der Waals surface area contributed by atoms with Crippen LogP contribution in [0.5, 0.6) is 0 Å². The van der Waals surface area contributed by atoms with Crippen LogP contribution in [0, 0.1) is 0 Å². The van der Waals surface area contributed by atoms with Crippen LogP contribution in [-0.2, 0) is 0 Å². The van der Waals surface area contributed by atoms with E-state index >= 15 is 0 Å². The predicted molar refractivity (Wildman–Crippen MR) is 74.7 cm³/mol. The van der Waals surface area contributed by atoms with Crippen LogP contribution in [0.4, 0.5) is 11.5 Å². The van der Waals surface area contributed by atoms with Crippen LogP contribution < -0.4 is 5.32 Å². The quantitative estimate of drug-likeness (QED) is 0.775. The number of halogens is 1. The van der Waals surface area contributed by atoms with Gasteiger partial charge in [-0.3, -0.25) is 0 Å². The number of carbonyl (C=O) groups is 1. The molecule has 6 nitrogen and oxygen atoms in total. The first-order valence-electron chi connectivity index (χ1n) is 5.73. The second-order valence-corrected chi connectivity index (χ2v) is 4.47. The number of benzene rings is 1. The predicted octanol–water partition coefficient (Wildman–Crippen LogP) is 2.82. The fraction of sp³-hybridized carbons (Fsp3) is 0. The van der Waals surface area contributed by atoms with Gasteiger partial charge in [-0.2, -0.15) is 5.10 Å². The van der Waals surface area contributed by atoms with Gasteiger partial charge in [-0.15, -0.1) is 0 Å². The van der Waals surface area contributed by atoms with Crippen LogP contribution in [-0.4, -0.2) is 25.7 Å². The van der Waals surface area contributed by atoms with Gasteiger partial charge in [-0.1, -0.05) is 11.6 Å². The van der Waals surface area contributed by atoms with Gasteiger partial charge in [-0.05, 0) is 24.3 Å². The fourth-order valence-electron chi connectivity index (χ4n) is 1.83. The summed E-state index contributed by atoms with van der Waals surface area (Å²) < 4.78 is 1.68. The van der Waals surface area contributed by atoms with Crippen molar-refractivity contribution in [3.8, 4) is 0 Å². The zero-order valence-corrected chi connectivity index (χ0v) is 10.9. The number of nitrogens with one attached hydrogen (secondary N) is 1. The summed E-state index contributed by atoms with van der Waals surface area (Å²) in [7, 11) is 0. The summed E-state index contributed by atoms with van der Waals surface area (Å²) in [6.07, 6.45) is 5.01. The zero-order valence-electron chi connectivity index (χ0n) is 10.1. The second-order valence-electron chi connectivity index (χ2n) is 4.06. The third-order valence-corrected chi connectivity index (χ3v) is 3.11. The number of carboxylic acids is 1. The molecule has 100 valence electrons. The maximum absolute atomic E-state index is 10.9. The van der Waals surface area contributed by atoms with Crippen LogP contribution in [0.1, 0.15) is 10.4 Å². The molecular formula is C13H9ClN4O2. The van der Waals surface area contributed by atoms with Gasteiger partial charge in [0.05, 0.1) is 22.5 Å². The summed E-state index contributed by atoms with van der Waals surface area (Å²) >= 11 is 6.07. The molecule has 7 heteroatoms. The largest absolute Gasteiger partial charge is 0.478 e. The number of fused-ring (bicyclic) bond motifs is 1. The van der Waals surface area contributed by atoms with Gasteiger partial charge in [0.1, 0.15) is 5.52 Å². The molecule has 0 aliphatic rings. The molecule has 20 heavy (non-hydrogen) atoms. The Kier molecular flexibility index (Phi) is 3.00. The Morgan fingerprint density at radius 3 is 2.90 bits per heavy atom. The molecule has 0 saturated heterocycles. The first kappa shape index (κ1) is 12.4. The molecule has 3 rings (SSSR count). The van der Waals surface area contributed by atoms with Crippen molar-refractivity contribution < 1.29 is 9.90 Å². The van der Waals surface area contributed by atoms with Crippen molar-refractivity contribution >= 4 is 34.6 Å². The van der Waals surface area contributed by atoms with Crippen LogP contribution >= 0.6 is 11.6 Å². The smallest absolute Gasteiger partial charge is 0.335 e. The SMILES string of the molecule is O=C(O)c1ccc(Nc2nccn3nccc23)c(Cl)c1. The number of carboxylic acid groups (broad SMARTS) is 1. The minimum Gasteiger partial charge on any atom is -0.478 e. The van der Waals surface area contributed by atoms with Crippen molar-refractivity contribution in [2.75, 3.05) is 5.32 Å². The van der Waals surface area contributed by atoms with Crippen molar-refractivity contribution in [2.24, 2.45) is 0 Å². The third-order valence-electron chi connectivity index (χ3n) is 2.79. The van der Waals surface area contributed by atoms with E-state index in [2.05, 4.69) is 15.4 Å². The molecule has 2 N–H and O–H groups in total. The molecule has 0 bridgehead atoms. The number of nitrogens with zero attached hydrogens (tertiary/aromatic N) is 3. The van der Waals surface area contributed by atoms with Crippen molar-refractivity contribution in [1.82, 2.24) is 14.6 Å². The topological polar surface area (TPSA) is 79.5 Å². The van der Waals surface area contributed by atoms with Gasteiger partial charge in [0.2, 0.25) is 0 Å². The molecule has 0 spiro atoms. The summed E-state index contributed by atoms with van der Waals surface area (Å²) in [5, 5.41) is 16.4. The summed E-state index contributed by atoms with van der Waals surface area (Å²) in [6.45, 7) is 0. The number of anilines is 2. The Bertz CT molecular complexity index is 800. The number of rotatable bonds is 3. The zero-order chi connectivity index (χ0) is 14.1. The van der Waals surface area contributed by atoms with Gasteiger partial charge in [0, 0.05) is 12.4 Å². The minimum absolute atomic E-state index is 0.135. The van der Waals surface area contributed by atoms with Gasteiger partial charge in [0.25, 0.3) is 0 Å². The minimum atomic E-state index is -1.02. The molecule has 2 heterocycles. The first-order valence-corrected chi connectivity index (χ1v) is 6.11. The van der Waals surface area contributed by atoms with Crippen molar-refractivity contribution in [3.63, 3.8) is 0 Å². The Balaban J connectivity index is 1.99. The highest BCUT2D eigenvalue weighted by Gasteiger charge is 2.09. The summed E-state index contributed by atoms with van der Waals surface area (Å²) in [5.74, 6) is -0.426. The number of aromatic carboxylic acids is 1. The van der Waals surface area contributed by atoms with E-state index in [1.807, 2.05) is 6.07 Å². The Morgan fingerprint density at radius 2 is 2.15 bits per heavy atom. The molecule has 2 aromatic heterocycles. The van der Waals surface area contributed by atoms with Gasteiger partial charge in [-0.25, -0.2) is 14.3 Å². The highest BCUT2D eigenvalue weighted by molar-refractivity contribution is 6.33. The van der Waals surface area contributed by atoms with Crippen molar-refractivity contribution in [3.05, 3.63) is 53.4 Å². The lowest BCUT2D eigenvalue weighted by Crippen LogP contribution is -2.00. The van der Waals surface area contributed by atoms with E-state index in [1.165, 1.54) is 12.1 Å². The molecule has 0 radical (unpaired) electrons. The highest BCUT2D eigenvalue weighted by Crippen LogP contribution is 2.27. The van der Waals surface area contributed by atoms with Crippen molar-refractivity contribution in [1.29, 1.82) is 0 Å². The van der Waals surface area contributed by atoms with E-state index in [4.69, 9.17) is 16.7 Å². The summed E-state index contributed by atoms with van der Waals surface area (Å²) in [6, 6.07) is 6.29. The molecule has 0 saturated carbocycles. The maximum atomic E-state index is 10.9. The molecule has 0 atom stereocenters. The van der Waals surface area contributed by atoms with E-state index < -0.39 is 5.97 Å². The first-order chi connectivity index (χ1) is 9.65. The highest BCUT2D eigenvalue weighted by atomic mass is 35.5. The molecule has 0 aliphatic heterocycles. The lowest BCUT2D eigenvalue weighted by Gasteiger charge is -2.09. The summed E-state index contributed by atoms with van der Waals surface area (Å²) in [5.41, 5.74) is 1.51. The van der Waals surface area contributed by atoms with Crippen molar-refractivity contribution in [2.45, 2.75) is 0 Å². The van der Waals surface area contributed by atoms with Gasteiger partial charge in [0.15, 0.2) is 5.82 Å². The second kappa shape index (κ2) is 4.82. The molecule has 0 aliphatic carbocycles. The third kappa shape index (κ3) is 2.17. The number of hydrogen-bond acceptors (Lipinski definition) is 4. The van der Waals surface area contributed by atoms with E-state index in [-0.39, 0.29) is 5.56 Å². The molecule has 1 aromatic carbocycles. The number of hydrogen-bond donors (Lipinski definition) is 2. The molecule has 0 unspecified atom stereocenters. The molecular weight excluding hydrogens is 280 g/mol. The fourth-order valence-corrected chi connectivity index (χ4v) is 2.06. The average molecular weight is 289 g/mol. The summed E-state index contributed by atoms with van der Waals surface area (Å²) in [4.78, 5) is 15.1. The Morgan fingerprint density at radius 1 is 1.30 bits per heavy atom.